The van der Waals surface area contributed by atoms with E-state index in [0.29, 0.717) is 12.0 Å². The smallest absolute Gasteiger partial charge is 0.410 e. The van der Waals surface area contributed by atoms with Crippen LogP contribution in [0.1, 0.15) is 44.2 Å². The minimum Gasteiger partial charge on any atom is -0.444 e. The summed E-state index contributed by atoms with van der Waals surface area (Å²) in [6.45, 7) is 8.44. The second-order valence-electron chi connectivity index (χ2n) is 7.84. The molecule has 1 aromatic rings. The maximum Gasteiger partial charge on any atom is 0.410 e. The minimum atomic E-state index is -0.435. The van der Waals surface area contributed by atoms with Crippen molar-refractivity contribution in [1.29, 1.82) is 0 Å². The third-order valence-electron chi connectivity index (χ3n) is 5.12. The van der Waals surface area contributed by atoms with Gasteiger partial charge in [-0.15, -0.1) is 0 Å². The molecule has 1 aromatic carbocycles. The summed E-state index contributed by atoms with van der Waals surface area (Å²) in [7, 11) is 0. The molecule has 124 valence electrons. The molecule has 2 atom stereocenters. The molecule has 1 amide bonds. The van der Waals surface area contributed by atoms with Crippen LogP contribution in [-0.2, 0) is 11.2 Å². The third kappa shape index (κ3) is 2.53. The highest BCUT2D eigenvalue weighted by atomic mass is 79.9. The van der Waals surface area contributed by atoms with Crippen LogP contribution in [0.5, 0.6) is 0 Å². The molecule has 3 aliphatic heterocycles. The van der Waals surface area contributed by atoms with E-state index in [1.807, 2.05) is 25.7 Å². The van der Waals surface area contributed by atoms with Gasteiger partial charge in [-0.25, -0.2) is 4.79 Å². The molecule has 1 saturated heterocycles. The number of carbonyl (C=O) groups excluding carboxylic acids is 1. The molecule has 0 N–H and O–H groups in total. The molecule has 0 spiro atoms. The summed E-state index contributed by atoms with van der Waals surface area (Å²) in [5, 5.41) is 0. The monoisotopic (exact) mass is 378 g/mol. The molecule has 0 saturated carbocycles. The molecule has 0 bridgehead atoms. The minimum absolute atomic E-state index is 0.178. The van der Waals surface area contributed by atoms with Gasteiger partial charge in [0, 0.05) is 41.8 Å². The van der Waals surface area contributed by atoms with Gasteiger partial charge in [0.1, 0.15) is 5.60 Å². The second kappa shape index (κ2) is 5.13. The van der Waals surface area contributed by atoms with Crippen molar-refractivity contribution in [1.82, 2.24) is 4.90 Å². The van der Waals surface area contributed by atoms with E-state index in [2.05, 4.69) is 33.0 Å². The van der Waals surface area contributed by atoms with Gasteiger partial charge in [-0.1, -0.05) is 15.9 Å². The summed E-state index contributed by atoms with van der Waals surface area (Å²) < 4.78 is 6.72. The normalized spacial score (nSPS) is 25.4. The second-order valence-corrected chi connectivity index (χ2v) is 8.75. The Labute approximate surface area is 145 Å². The van der Waals surface area contributed by atoms with Crippen LogP contribution < -0.4 is 4.90 Å². The maximum atomic E-state index is 12.4. The number of hydrogen-bond acceptors (Lipinski definition) is 3. The first-order chi connectivity index (χ1) is 10.8. The van der Waals surface area contributed by atoms with E-state index in [4.69, 9.17) is 4.74 Å². The Bertz CT molecular complexity index is 668. The summed E-state index contributed by atoms with van der Waals surface area (Å²) in [6, 6.07) is 5.04. The molecule has 4 rings (SSSR count). The van der Waals surface area contributed by atoms with Gasteiger partial charge >= 0.3 is 6.09 Å². The number of halogens is 1. The topological polar surface area (TPSA) is 32.8 Å². The first-order valence-corrected chi connectivity index (χ1v) is 9.20. The summed E-state index contributed by atoms with van der Waals surface area (Å²) in [5.41, 5.74) is 3.86. The lowest BCUT2D eigenvalue weighted by atomic mass is 9.88. The predicted octanol–water partition coefficient (Wildman–Crippen LogP) is 3.92. The molecular formula is C18H23BrN2O2. The molecule has 1 fully saturated rings. The van der Waals surface area contributed by atoms with Gasteiger partial charge in [0.15, 0.2) is 0 Å². The van der Waals surface area contributed by atoms with Crippen LogP contribution in [-0.4, -0.2) is 42.3 Å². The zero-order valence-electron chi connectivity index (χ0n) is 13.9. The molecule has 3 heterocycles. The van der Waals surface area contributed by atoms with E-state index >= 15 is 0 Å². The molecule has 4 nitrogen and oxygen atoms in total. The Balaban J connectivity index is 1.60. The molecule has 5 heteroatoms. The van der Waals surface area contributed by atoms with Gasteiger partial charge in [-0.2, -0.15) is 0 Å². The van der Waals surface area contributed by atoms with Crippen molar-refractivity contribution in [3.05, 3.63) is 27.7 Å². The number of fused-ring (bicyclic) bond motifs is 3. The van der Waals surface area contributed by atoms with Crippen LogP contribution >= 0.6 is 15.9 Å². The average Bonchev–Trinajstić information content (AvgIpc) is 3.00. The SMILES string of the molecule is CC(C)(C)OC(=O)N1CC[C@@H]2[C@H](C1)c1cc(Br)cc3c1N2CC3. The summed E-state index contributed by atoms with van der Waals surface area (Å²) in [6.07, 6.45) is 1.99. The number of rotatable bonds is 0. The molecule has 0 unspecified atom stereocenters. The molecule has 0 aliphatic carbocycles. The van der Waals surface area contributed by atoms with Crippen molar-refractivity contribution >= 4 is 27.7 Å². The van der Waals surface area contributed by atoms with E-state index in [-0.39, 0.29) is 6.09 Å². The Kier molecular flexibility index (Phi) is 3.42. The van der Waals surface area contributed by atoms with Crippen molar-refractivity contribution in [3.63, 3.8) is 0 Å². The average molecular weight is 379 g/mol. The van der Waals surface area contributed by atoms with E-state index in [1.165, 1.54) is 16.8 Å². The lowest BCUT2D eigenvalue weighted by Crippen LogP contribution is -2.49. The number of carbonyl (C=O) groups is 1. The zero-order valence-corrected chi connectivity index (χ0v) is 15.5. The molecular weight excluding hydrogens is 356 g/mol. The molecule has 3 aliphatic rings. The third-order valence-corrected chi connectivity index (χ3v) is 5.58. The standard InChI is InChI=1S/C18H23BrN2O2/c1-18(2,3)23-17(22)20-6-5-15-14(10-20)13-9-12(19)8-11-4-7-21(15)16(11)13/h8-9,14-15H,4-7,10H2,1-3H3/t14-,15-/m1/s1. The van der Waals surface area contributed by atoms with Crippen molar-refractivity contribution in [2.24, 2.45) is 0 Å². The number of likely N-dealkylation sites (tertiary alicyclic amines) is 1. The van der Waals surface area contributed by atoms with Gasteiger partial charge in [-0.05, 0) is 56.9 Å². The molecule has 23 heavy (non-hydrogen) atoms. The van der Waals surface area contributed by atoms with Crippen molar-refractivity contribution in [2.45, 2.75) is 51.2 Å². The van der Waals surface area contributed by atoms with E-state index in [9.17, 15) is 4.79 Å². The van der Waals surface area contributed by atoms with Gasteiger partial charge in [0.25, 0.3) is 0 Å². The fourth-order valence-corrected chi connectivity index (χ4v) is 4.82. The quantitative estimate of drug-likeness (QED) is 0.685. The fourth-order valence-electron chi connectivity index (χ4n) is 4.30. The number of anilines is 1. The van der Waals surface area contributed by atoms with Crippen molar-refractivity contribution in [3.8, 4) is 0 Å². The summed E-state index contributed by atoms with van der Waals surface area (Å²) in [4.78, 5) is 16.9. The number of benzene rings is 1. The highest BCUT2D eigenvalue weighted by Gasteiger charge is 2.46. The summed E-state index contributed by atoms with van der Waals surface area (Å²) >= 11 is 3.65. The Morgan fingerprint density at radius 2 is 2.09 bits per heavy atom. The van der Waals surface area contributed by atoms with E-state index in [1.54, 1.807) is 0 Å². The number of piperidine rings is 1. The molecule has 0 aromatic heterocycles. The predicted molar refractivity (Wildman–Crippen MR) is 94.1 cm³/mol. The highest BCUT2D eigenvalue weighted by molar-refractivity contribution is 9.10. The summed E-state index contributed by atoms with van der Waals surface area (Å²) in [5.74, 6) is 0.405. The van der Waals surface area contributed by atoms with Crippen LogP contribution in [0.25, 0.3) is 0 Å². The first kappa shape index (κ1) is 15.3. The lowest BCUT2D eigenvalue weighted by molar-refractivity contribution is 0.0189. The zero-order chi connectivity index (χ0) is 16.4. The number of nitrogens with zero attached hydrogens (tertiary/aromatic N) is 2. The fraction of sp³-hybridized carbons (Fsp3) is 0.611. The van der Waals surface area contributed by atoms with Crippen molar-refractivity contribution in [2.75, 3.05) is 24.5 Å². The van der Waals surface area contributed by atoms with E-state index in [0.717, 1.165) is 36.9 Å². The van der Waals surface area contributed by atoms with Crippen LogP contribution in [0, 0.1) is 0 Å². The van der Waals surface area contributed by atoms with Crippen LogP contribution in [0.2, 0.25) is 0 Å². The number of hydrogen-bond donors (Lipinski definition) is 0. The van der Waals surface area contributed by atoms with Gasteiger partial charge in [0.2, 0.25) is 0 Å². The molecule has 0 radical (unpaired) electrons. The van der Waals surface area contributed by atoms with Crippen LogP contribution in [0.15, 0.2) is 16.6 Å². The van der Waals surface area contributed by atoms with Crippen LogP contribution in [0.3, 0.4) is 0 Å². The number of amides is 1. The van der Waals surface area contributed by atoms with Gasteiger partial charge in [-0.3, -0.25) is 0 Å². The van der Waals surface area contributed by atoms with E-state index < -0.39 is 5.60 Å². The first-order valence-electron chi connectivity index (χ1n) is 8.40. The van der Waals surface area contributed by atoms with Gasteiger partial charge < -0.3 is 14.5 Å². The largest absolute Gasteiger partial charge is 0.444 e. The van der Waals surface area contributed by atoms with Gasteiger partial charge in [0.05, 0.1) is 0 Å². The van der Waals surface area contributed by atoms with Crippen LogP contribution in [0.4, 0.5) is 10.5 Å². The lowest BCUT2D eigenvalue weighted by Gasteiger charge is -2.38. The Morgan fingerprint density at radius 1 is 1.30 bits per heavy atom. The Morgan fingerprint density at radius 3 is 2.83 bits per heavy atom. The number of ether oxygens (including phenoxy) is 1. The highest BCUT2D eigenvalue weighted by Crippen LogP contribution is 2.50. The maximum absolute atomic E-state index is 12.4. The van der Waals surface area contributed by atoms with Crippen molar-refractivity contribution < 1.29 is 9.53 Å². The Hall–Kier alpha value is -1.23.